The molecule has 2 bridgehead atoms. The number of aryl methyl sites for hydroxylation is 1. The fourth-order valence-electron chi connectivity index (χ4n) is 3.25. The lowest BCUT2D eigenvalue weighted by molar-refractivity contribution is -0.124. The maximum absolute atomic E-state index is 12.5. The van der Waals surface area contributed by atoms with Crippen molar-refractivity contribution in [1.29, 1.82) is 0 Å². The molecule has 2 saturated heterocycles. The number of amides is 2. The predicted molar refractivity (Wildman–Crippen MR) is 68.5 cm³/mol. The summed E-state index contributed by atoms with van der Waals surface area (Å²) in [5, 5.41) is 0. The van der Waals surface area contributed by atoms with E-state index in [-0.39, 0.29) is 35.9 Å². The first-order chi connectivity index (χ1) is 9.16. The summed E-state index contributed by atoms with van der Waals surface area (Å²) < 4.78 is 5.60. The highest BCUT2D eigenvalue weighted by atomic mass is 16.5. The van der Waals surface area contributed by atoms with Gasteiger partial charge in [0.2, 0.25) is 11.8 Å². The van der Waals surface area contributed by atoms with Crippen LogP contribution in [0.25, 0.3) is 0 Å². The quantitative estimate of drug-likeness (QED) is 0.563. The van der Waals surface area contributed by atoms with Crippen LogP contribution in [-0.2, 0) is 14.3 Å². The predicted octanol–water partition coefficient (Wildman–Crippen LogP) is 1.44. The van der Waals surface area contributed by atoms with Gasteiger partial charge in [-0.3, -0.25) is 9.59 Å². The van der Waals surface area contributed by atoms with Crippen molar-refractivity contribution in [1.82, 2.24) is 0 Å². The molecule has 0 unspecified atom stereocenters. The van der Waals surface area contributed by atoms with E-state index >= 15 is 0 Å². The first kappa shape index (κ1) is 10.9. The second kappa shape index (κ2) is 3.54. The SMILES string of the molecule is Cc1ccc(N2C(=O)[C@@H]3[C@H](C2=O)[C@@H]2C=C[C@H]3O2)cc1. The number of rotatable bonds is 1. The largest absolute Gasteiger partial charge is 0.365 e. The van der Waals surface area contributed by atoms with Crippen molar-refractivity contribution >= 4 is 17.5 Å². The van der Waals surface area contributed by atoms with Gasteiger partial charge >= 0.3 is 0 Å². The number of carbonyl (C=O) groups is 2. The average molecular weight is 255 g/mol. The highest BCUT2D eigenvalue weighted by Crippen LogP contribution is 2.46. The number of benzene rings is 1. The molecule has 0 saturated carbocycles. The summed E-state index contributed by atoms with van der Waals surface area (Å²) >= 11 is 0. The molecule has 3 aliphatic rings. The molecule has 3 heterocycles. The summed E-state index contributed by atoms with van der Waals surface area (Å²) in [6.07, 6.45) is 3.36. The molecule has 0 aromatic heterocycles. The van der Waals surface area contributed by atoms with Crippen molar-refractivity contribution in [3.8, 4) is 0 Å². The molecule has 1 aromatic carbocycles. The van der Waals surface area contributed by atoms with Crippen molar-refractivity contribution in [2.45, 2.75) is 19.1 Å². The first-order valence-corrected chi connectivity index (χ1v) is 6.45. The van der Waals surface area contributed by atoms with Crippen LogP contribution >= 0.6 is 0 Å². The number of carbonyl (C=O) groups excluding carboxylic acids is 2. The Morgan fingerprint density at radius 2 is 1.47 bits per heavy atom. The van der Waals surface area contributed by atoms with Gasteiger partial charge in [0.15, 0.2) is 0 Å². The Morgan fingerprint density at radius 1 is 0.947 bits per heavy atom. The average Bonchev–Trinajstić information content (AvgIpc) is 3.06. The van der Waals surface area contributed by atoms with Crippen LogP contribution in [0, 0.1) is 18.8 Å². The standard InChI is InChI=1S/C15H13NO3/c1-8-2-4-9(5-3-8)16-14(17)12-10-6-7-11(19-10)13(12)15(16)18/h2-7,10-13H,1H3/t10-,11+,12+,13-. The minimum atomic E-state index is -0.330. The molecule has 0 aliphatic carbocycles. The van der Waals surface area contributed by atoms with Gasteiger partial charge in [-0.1, -0.05) is 29.8 Å². The van der Waals surface area contributed by atoms with Crippen molar-refractivity contribution in [3.63, 3.8) is 0 Å². The molecule has 2 fully saturated rings. The van der Waals surface area contributed by atoms with Gasteiger partial charge in [0.1, 0.15) is 0 Å². The van der Waals surface area contributed by atoms with E-state index in [4.69, 9.17) is 4.74 Å². The van der Waals surface area contributed by atoms with E-state index in [1.165, 1.54) is 4.90 Å². The highest BCUT2D eigenvalue weighted by Gasteiger charge is 2.60. The van der Waals surface area contributed by atoms with Gasteiger partial charge in [-0.2, -0.15) is 0 Å². The van der Waals surface area contributed by atoms with E-state index in [1.807, 2.05) is 43.3 Å². The van der Waals surface area contributed by atoms with Crippen LogP contribution in [0.2, 0.25) is 0 Å². The Labute approximate surface area is 110 Å². The lowest BCUT2D eigenvalue weighted by Gasteiger charge is -2.17. The van der Waals surface area contributed by atoms with Crippen molar-refractivity contribution < 1.29 is 14.3 Å². The van der Waals surface area contributed by atoms with Crippen LogP contribution < -0.4 is 4.90 Å². The molecule has 4 rings (SSSR count). The number of nitrogens with zero attached hydrogens (tertiary/aromatic N) is 1. The Morgan fingerprint density at radius 3 is 2.00 bits per heavy atom. The molecule has 4 heteroatoms. The lowest BCUT2D eigenvalue weighted by Crippen LogP contribution is -2.34. The molecule has 2 amide bonds. The second-order valence-corrected chi connectivity index (χ2v) is 5.35. The van der Waals surface area contributed by atoms with Gasteiger partial charge in [0.25, 0.3) is 0 Å². The van der Waals surface area contributed by atoms with Crippen LogP contribution in [0.4, 0.5) is 5.69 Å². The molecular weight excluding hydrogens is 242 g/mol. The Hall–Kier alpha value is -1.94. The van der Waals surface area contributed by atoms with Crippen LogP contribution in [0.5, 0.6) is 0 Å². The molecule has 4 nitrogen and oxygen atoms in total. The molecule has 3 aliphatic heterocycles. The van der Waals surface area contributed by atoms with Crippen molar-refractivity contribution in [2.75, 3.05) is 4.90 Å². The maximum Gasteiger partial charge on any atom is 0.240 e. The third kappa shape index (κ3) is 1.32. The summed E-state index contributed by atoms with van der Waals surface area (Å²) in [5.41, 5.74) is 1.77. The molecule has 0 N–H and O–H groups in total. The molecule has 4 atom stereocenters. The van der Waals surface area contributed by atoms with E-state index in [0.29, 0.717) is 5.69 Å². The highest BCUT2D eigenvalue weighted by molar-refractivity contribution is 6.23. The summed E-state index contributed by atoms with van der Waals surface area (Å²) in [7, 11) is 0. The number of hydrogen-bond donors (Lipinski definition) is 0. The maximum atomic E-state index is 12.5. The van der Waals surface area contributed by atoms with E-state index in [2.05, 4.69) is 0 Å². The zero-order chi connectivity index (χ0) is 13.1. The fourth-order valence-corrected chi connectivity index (χ4v) is 3.25. The lowest BCUT2D eigenvalue weighted by atomic mass is 9.85. The normalized spacial score (nSPS) is 35.3. The molecule has 96 valence electrons. The summed E-state index contributed by atoms with van der Waals surface area (Å²) in [4.78, 5) is 26.3. The topological polar surface area (TPSA) is 46.6 Å². The summed E-state index contributed by atoms with van der Waals surface area (Å²) in [6, 6.07) is 7.46. The molecule has 0 spiro atoms. The van der Waals surface area contributed by atoms with Gasteiger partial charge < -0.3 is 4.74 Å². The van der Waals surface area contributed by atoms with Crippen LogP contribution in [-0.4, -0.2) is 24.0 Å². The number of fused-ring (bicyclic) bond motifs is 5. The van der Waals surface area contributed by atoms with Crippen molar-refractivity contribution in [3.05, 3.63) is 42.0 Å². The minimum Gasteiger partial charge on any atom is -0.365 e. The number of ether oxygens (including phenoxy) is 1. The second-order valence-electron chi connectivity index (χ2n) is 5.35. The minimum absolute atomic E-state index is 0.129. The fraction of sp³-hybridized carbons (Fsp3) is 0.333. The third-order valence-electron chi connectivity index (χ3n) is 4.20. The van der Waals surface area contributed by atoms with E-state index in [0.717, 1.165) is 5.56 Å². The molecular formula is C15H13NO3. The summed E-state index contributed by atoms with van der Waals surface area (Å²) in [6.45, 7) is 1.98. The van der Waals surface area contributed by atoms with Gasteiger partial charge in [-0.05, 0) is 19.1 Å². The molecule has 0 radical (unpaired) electrons. The zero-order valence-electron chi connectivity index (χ0n) is 10.4. The first-order valence-electron chi connectivity index (χ1n) is 6.45. The van der Waals surface area contributed by atoms with Crippen LogP contribution in [0.15, 0.2) is 36.4 Å². The smallest absolute Gasteiger partial charge is 0.240 e. The van der Waals surface area contributed by atoms with Gasteiger partial charge in [0.05, 0.1) is 29.7 Å². The Bertz CT molecular complexity index is 574. The number of imide groups is 1. The monoisotopic (exact) mass is 255 g/mol. The summed E-state index contributed by atoms with van der Waals surface area (Å²) in [5.74, 6) is -0.918. The van der Waals surface area contributed by atoms with Gasteiger partial charge in [-0.25, -0.2) is 4.90 Å². The van der Waals surface area contributed by atoms with Crippen LogP contribution in [0.3, 0.4) is 0 Å². The van der Waals surface area contributed by atoms with E-state index < -0.39 is 0 Å². The zero-order valence-corrected chi connectivity index (χ0v) is 10.4. The van der Waals surface area contributed by atoms with E-state index in [9.17, 15) is 9.59 Å². The molecule has 1 aromatic rings. The van der Waals surface area contributed by atoms with Gasteiger partial charge in [-0.15, -0.1) is 0 Å². The van der Waals surface area contributed by atoms with Crippen molar-refractivity contribution in [2.24, 2.45) is 11.8 Å². The Balaban J connectivity index is 1.74. The van der Waals surface area contributed by atoms with E-state index in [1.54, 1.807) is 0 Å². The third-order valence-corrected chi connectivity index (χ3v) is 4.20. The molecule has 19 heavy (non-hydrogen) atoms. The number of hydrogen-bond acceptors (Lipinski definition) is 3. The number of anilines is 1. The van der Waals surface area contributed by atoms with Gasteiger partial charge in [0, 0.05) is 0 Å². The van der Waals surface area contributed by atoms with Crippen LogP contribution in [0.1, 0.15) is 5.56 Å². The Kier molecular flexibility index (Phi) is 2.04.